The monoisotopic (exact) mass is 632 g/mol. The van der Waals surface area contributed by atoms with Gasteiger partial charge in [-0.3, -0.25) is 9.59 Å². The lowest BCUT2D eigenvalue weighted by molar-refractivity contribution is 0.100. The Morgan fingerprint density at radius 3 is 1.26 bits per heavy atom. The van der Waals surface area contributed by atoms with Crippen molar-refractivity contribution < 1.29 is 9.59 Å². The van der Waals surface area contributed by atoms with Crippen LogP contribution < -0.4 is 0 Å². The van der Waals surface area contributed by atoms with Crippen molar-refractivity contribution in [2.75, 3.05) is 0 Å². The van der Waals surface area contributed by atoms with Crippen LogP contribution in [0.15, 0.2) is 97.1 Å². The lowest BCUT2D eigenvalue weighted by Crippen LogP contribution is -1.97. The smallest absolute Gasteiger partial charge is 0.159 e. The quantitative estimate of drug-likeness (QED) is 0.181. The van der Waals surface area contributed by atoms with Crippen LogP contribution in [-0.4, -0.2) is 20.7 Å². The van der Waals surface area contributed by atoms with Gasteiger partial charge in [0.1, 0.15) is 0 Å². The van der Waals surface area contributed by atoms with E-state index in [0.717, 1.165) is 44.3 Å². The summed E-state index contributed by atoms with van der Waals surface area (Å²) in [6.07, 6.45) is 0. The Kier molecular flexibility index (Phi) is 5.77. The van der Waals surface area contributed by atoms with Crippen molar-refractivity contribution in [3.05, 3.63) is 119 Å². The molecule has 46 heavy (non-hydrogen) atoms. The second kappa shape index (κ2) is 9.73. The second-order valence-electron chi connectivity index (χ2n) is 12.3. The van der Waals surface area contributed by atoms with Crippen LogP contribution in [0, 0.1) is 13.8 Å². The maximum absolute atomic E-state index is 12.4. The van der Waals surface area contributed by atoms with Gasteiger partial charge < -0.3 is 9.13 Å². The summed E-state index contributed by atoms with van der Waals surface area (Å²) in [6.45, 7) is 7.47. The lowest BCUT2D eigenvalue weighted by Gasteiger charge is -2.10. The van der Waals surface area contributed by atoms with Crippen LogP contribution in [0.3, 0.4) is 0 Å². The number of Topliss-reactive ketones (excluding diaryl/α,β-unsaturated/α-hetero) is 2. The first-order chi connectivity index (χ1) is 22.3. The first kappa shape index (κ1) is 27.3. The molecule has 9 aromatic rings. The molecule has 0 radical (unpaired) electrons. The van der Waals surface area contributed by atoms with E-state index in [1.165, 1.54) is 51.7 Å². The fraction of sp³-hybridized carbons (Fsp3) is 0.100. The predicted octanol–water partition coefficient (Wildman–Crippen LogP) is 11.3. The zero-order chi connectivity index (χ0) is 31.4. The van der Waals surface area contributed by atoms with E-state index >= 15 is 0 Å². The van der Waals surface area contributed by atoms with Crippen LogP contribution in [0.2, 0.25) is 0 Å². The molecule has 0 atom stereocenters. The van der Waals surface area contributed by atoms with E-state index in [9.17, 15) is 9.59 Å². The molecule has 4 nitrogen and oxygen atoms in total. The summed E-state index contributed by atoms with van der Waals surface area (Å²) in [7, 11) is 0. The minimum Gasteiger partial charge on any atom is -0.308 e. The molecule has 222 valence electrons. The van der Waals surface area contributed by atoms with Crippen molar-refractivity contribution in [3.63, 3.8) is 0 Å². The van der Waals surface area contributed by atoms with Crippen LogP contribution >= 0.6 is 22.7 Å². The van der Waals surface area contributed by atoms with Crippen molar-refractivity contribution in [1.82, 2.24) is 9.13 Å². The number of carbonyl (C=O) groups excluding carboxylic acids is 2. The van der Waals surface area contributed by atoms with Gasteiger partial charge in [-0.25, -0.2) is 0 Å². The average molecular weight is 633 g/mol. The normalized spacial score (nSPS) is 12.1. The van der Waals surface area contributed by atoms with Crippen LogP contribution in [0.1, 0.15) is 45.7 Å². The van der Waals surface area contributed by atoms with Crippen molar-refractivity contribution >= 4 is 96.7 Å². The maximum Gasteiger partial charge on any atom is 0.159 e. The number of benzene rings is 5. The second-order valence-corrected chi connectivity index (χ2v) is 14.4. The van der Waals surface area contributed by atoms with Crippen molar-refractivity contribution in [3.8, 4) is 11.4 Å². The molecule has 0 aliphatic heterocycles. The van der Waals surface area contributed by atoms with E-state index in [-0.39, 0.29) is 11.6 Å². The third kappa shape index (κ3) is 3.84. The minimum absolute atomic E-state index is 0.0652. The molecular weight excluding hydrogens is 605 g/mol. The molecule has 0 aliphatic carbocycles. The van der Waals surface area contributed by atoms with Gasteiger partial charge in [0.2, 0.25) is 0 Å². The maximum atomic E-state index is 12.4. The zero-order valence-electron chi connectivity index (χ0n) is 25.8. The van der Waals surface area contributed by atoms with E-state index in [2.05, 4.69) is 95.8 Å². The molecule has 0 amide bonds. The molecule has 0 saturated heterocycles. The highest BCUT2D eigenvalue weighted by molar-refractivity contribution is 7.28. The van der Waals surface area contributed by atoms with E-state index in [1.807, 2.05) is 46.9 Å². The molecule has 0 N–H and O–H groups in total. The average Bonchev–Trinajstić information content (AvgIpc) is 3.77. The summed E-state index contributed by atoms with van der Waals surface area (Å²) >= 11 is 3.63. The molecule has 0 unspecified atom stereocenters. The number of thiophene rings is 2. The number of fused-ring (bicyclic) bond motifs is 10. The molecule has 0 saturated carbocycles. The van der Waals surface area contributed by atoms with Crippen molar-refractivity contribution in [2.45, 2.75) is 27.7 Å². The molecule has 9 rings (SSSR count). The molecule has 0 spiro atoms. The lowest BCUT2D eigenvalue weighted by atomic mass is 10.1. The third-order valence-corrected chi connectivity index (χ3v) is 11.6. The van der Waals surface area contributed by atoms with Crippen LogP contribution in [-0.2, 0) is 0 Å². The Labute approximate surface area is 272 Å². The molecule has 4 aromatic heterocycles. The highest BCUT2D eigenvalue weighted by Crippen LogP contribution is 2.48. The molecule has 0 fully saturated rings. The van der Waals surface area contributed by atoms with Gasteiger partial charge in [0, 0.05) is 53.4 Å². The minimum atomic E-state index is 0.0652. The van der Waals surface area contributed by atoms with E-state index < -0.39 is 0 Å². The summed E-state index contributed by atoms with van der Waals surface area (Å²) in [5.74, 6) is 0.130. The number of carbonyl (C=O) groups is 2. The van der Waals surface area contributed by atoms with E-state index in [1.54, 1.807) is 13.8 Å². The van der Waals surface area contributed by atoms with Gasteiger partial charge in [0.25, 0.3) is 0 Å². The van der Waals surface area contributed by atoms with Gasteiger partial charge in [-0.15, -0.1) is 22.7 Å². The van der Waals surface area contributed by atoms with Crippen molar-refractivity contribution in [2.24, 2.45) is 0 Å². The van der Waals surface area contributed by atoms with Gasteiger partial charge in [-0.2, -0.15) is 0 Å². The topological polar surface area (TPSA) is 44.0 Å². The summed E-state index contributed by atoms with van der Waals surface area (Å²) in [6, 6.07) is 34.2. The number of rotatable bonds is 4. The van der Waals surface area contributed by atoms with Gasteiger partial charge in [0.05, 0.1) is 31.5 Å². The number of hydrogen-bond acceptors (Lipinski definition) is 4. The van der Waals surface area contributed by atoms with Gasteiger partial charge in [-0.05, 0) is 76.2 Å². The Morgan fingerprint density at radius 1 is 0.500 bits per heavy atom. The summed E-state index contributed by atoms with van der Waals surface area (Å²) in [4.78, 5) is 24.8. The number of hydrogen-bond donors (Lipinski definition) is 0. The highest BCUT2D eigenvalue weighted by Gasteiger charge is 2.23. The number of aromatic nitrogens is 2. The van der Waals surface area contributed by atoms with E-state index in [0.29, 0.717) is 0 Å². The SMILES string of the molecule is CC(=O)c1ccc2c3sc4cc5c(cc4c3n(-c3ccc(C)cc3)c2c1)sc1c2ccc(C(C)=O)cc2n(-c2ccc(C)cc2)c51. The number of aryl methyl sites for hydroxylation is 2. The molecule has 0 bridgehead atoms. The highest BCUT2D eigenvalue weighted by atomic mass is 32.1. The first-order valence-corrected chi connectivity index (χ1v) is 17.0. The van der Waals surface area contributed by atoms with Gasteiger partial charge in [0.15, 0.2) is 11.6 Å². The van der Waals surface area contributed by atoms with Gasteiger partial charge in [-0.1, -0.05) is 59.7 Å². The largest absolute Gasteiger partial charge is 0.308 e. The fourth-order valence-electron chi connectivity index (χ4n) is 6.89. The Hall–Kier alpha value is -5.04. The summed E-state index contributed by atoms with van der Waals surface area (Å²) in [5.41, 5.74) is 10.5. The first-order valence-electron chi connectivity index (χ1n) is 15.3. The summed E-state index contributed by atoms with van der Waals surface area (Å²) < 4.78 is 9.56. The standard InChI is InChI=1S/C40H28N2O2S2/c1-21-5-11-27(12-6-21)41-33-17-25(23(3)43)9-15-29(33)39-37(41)31-19-36-32(20-35(31)45-39)38-40(46-36)30-16-10-26(24(4)44)18-34(30)42(38)28-13-7-22(2)8-14-28/h5-20H,1-4H3. The van der Waals surface area contributed by atoms with Crippen molar-refractivity contribution in [1.29, 1.82) is 0 Å². The molecule has 6 heteroatoms. The Bertz CT molecular complexity index is 2560. The Balaban J connectivity index is 1.41. The molecule has 5 aromatic carbocycles. The van der Waals surface area contributed by atoms with Crippen LogP contribution in [0.25, 0.3) is 73.8 Å². The number of nitrogens with zero attached hydrogens (tertiary/aromatic N) is 2. The molecular formula is C40H28N2O2S2. The zero-order valence-corrected chi connectivity index (χ0v) is 27.4. The summed E-state index contributed by atoms with van der Waals surface area (Å²) in [5, 5.41) is 4.73. The van der Waals surface area contributed by atoms with E-state index in [4.69, 9.17) is 0 Å². The number of ketones is 2. The van der Waals surface area contributed by atoms with Crippen LogP contribution in [0.5, 0.6) is 0 Å². The van der Waals surface area contributed by atoms with Gasteiger partial charge >= 0.3 is 0 Å². The third-order valence-electron chi connectivity index (χ3n) is 9.26. The van der Waals surface area contributed by atoms with Crippen LogP contribution in [0.4, 0.5) is 0 Å². The fourth-order valence-corrected chi connectivity index (χ4v) is 9.37. The Morgan fingerprint density at radius 2 is 0.891 bits per heavy atom. The molecule has 4 heterocycles. The predicted molar refractivity (Wildman–Crippen MR) is 195 cm³/mol. The molecule has 0 aliphatic rings.